The van der Waals surface area contributed by atoms with Crippen molar-refractivity contribution in [2.24, 2.45) is 17.8 Å². The largest absolute Gasteiger partial charge is 0.472 e. The number of rotatable bonds is 78. The zero-order valence-corrected chi connectivity index (χ0v) is 66.8. The molecule has 0 aromatic heterocycles. The summed E-state index contributed by atoms with van der Waals surface area (Å²) >= 11 is 0. The highest BCUT2D eigenvalue weighted by Gasteiger charge is 2.30. The molecule has 588 valence electrons. The predicted molar refractivity (Wildman–Crippen MR) is 405 cm³/mol. The molecule has 0 radical (unpaired) electrons. The number of aliphatic hydroxyl groups excluding tert-OH is 1. The van der Waals surface area contributed by atoms with Crippen LogP contribution in [0.15, 0.2) is 0 Å². The zero-order valence-electron chi connectivity index (χ0n) is 65.0. The van der Waals surface area contributed by atoms with Crippen LogP contribution in [-0.4, -0.2) is 96.7 Å². The molecule has 0 aliphatic heterocycles. The Morgan fingerprint density at radius 1 is 0.273 bits per heavy atom. The molecule has 2 unspecified atom stereocenters. The lowest BCUT2D eigenvalue weighted by atomic mass is 10.0. The molecule has 0 amide bonds. The number of phosphoric acid groups is 2. The first kappa shape index (κ1) is 97.1. The van der Waals surface area contributed by atoms with E-state index in [-0.39, 0.29) is 25.7 Å². The Kier molecular flexibility index (Phi) is 69.0. The number of esters is 4. The highest BCUT2D eigenvalue weighted by molar-refractivity contribution is 7.47. The maximum absolute atomic E-state index is 13.1. The van der Waals surface area contributed by atoms with Crippen LogP contribution in [0, 0.1) is 17.8 Å². The number of carbonyl (C=O) groups excluding carboxylic acids is 4. The van der Waals surface area contributed by atoms with Crippen LogP contribution in [0.2, 0.25) is 0 Å². The fourth-order valence-corrected chi connectivity index (χ4v) is 13.9. The highest BCUT2D eigenvalue weighted by Crippen LogP contribution is 2.45. The molecule has 5 atom stereocenters. The first-order valence-corrected chi connectivity index (χ1v) is 44.3. The van der Waals surface area contributed by atoms with Gasteiger partial charge in [-0.15, -0.1) is 0 Å². The van der Waals surface area contributed by atoms with Gasteiger partial charge in [0.05, 0.1) is 26.4 Å². The fraction of sp³-hybridized carbons (Fsp3) is 0.950. The van der Waals surface area contributed by atoms with Gasteiger partial charge >= 0.3 is 39.5 Å². The molecule has 99 heavy (non-hydrogen) atoms. The maximum Gasteiger partial charge on any atom is 0.472 e. The van der Waals surface area contributed by atoms with Crippen molar-refractivity contribution in [2.45, 2.75) is 433 Å². The van der Waals surface area contributed by atoms with E-state index in [2.05, 4.69) is 48.5 Å². The smallest absolute Gasteiger partial charge is 0.462 e. The average molecular weight is 1450 g/mol. The zero-order chi connectivity index (χ0) is 73.0. The molecule has 0 aromatic carbocycles. The second-order valence-corrected chi connectivity index (χ2v) is 33.1. The molecule has 0 bridgehead atoms. The molecule has 19 heteroatoms. The van der Waals surface area contributed by atoms with E-state index in [1.165, 1.54) is 218 Å². The minimum absolute atomic E-state index is 0.106. The van der Waals surface area contributed by atoms with Crippen molar-refractivity contribution >= 4 is 39.5 Å². The number of carbonyl (C=O) groups is 4. The average Bonchev–Trinajstić information content (AvgIpc) is 0.953. The summed E-state index contributed by atoms with van der Waals surface area (Å²) in [5, 5.41) is 10.6. The maximum atomic E-state index is 13.1. The van der Waals surface area contributed by atoms with E-state index < -0.39 is 97.5 Å². The van der Waals surface area contributed by atoms with Gasteiger partial charge in [-0.1, -0.05) is 363 Å². The summed E-state index contributed by atoms with van der Waals surface area (Å²) in [7, 11) is -9.92. The van der Waals surface area contributed by atoms with Gasteiger partial charge in [0.2, 0.25) is 0 Å². The minimum atomic E-state index is -4.96. The van der Waals surface area contributed by atoms with E-state index in [4.69, 9.17) is 37.0 Å². The van der Waals surface area contributed by atoms with Crippen LogP contribution in [0.25, 0.3) is 0 Å². The highest BCUT2D eigenvalue weighted by atomic mass is 31.2. The van der Waals surface area contributed by atoms with Gasteiger partial charge in [0.1, 0.15) is 19.3 Å². The van der Waals surface area contributed by atoms with Crippen molar-refractivity contribution in [3.05, 3.63) is 0 Å². The predicted octanol–water partition coefficient (Wildman–Crippen LogP) is 23.7. The third-order valence-corrected chi connectivity index (χ3v) is 20.5. The van der Waals surface area contributed by atoms with Gasteiger partial charge in [-0.25, -0.2) is 9.13 Å². The monoisotopic (exact) mass is 1450 g/mol. The van der Waals surface area contributed by atoms with E-state index >= 15 is 0 Å². The SMILES string of the molecule is CCCCCCCCCCC(=O)OC[C@H](COP(=O)(O)OC[C@H](O)COP(=O)(O)OC[C@@H](COC(=O)CCCCCCCCCCCCCCCCCC(C)C)OC(=O)CCCCCCCCCCCCCCCCCCC(C)C)OC(=O)CCCCCCCCCCCCCC(C)C. The molecular formula is C80H156O17P2. The molecule has 0 spiro atoms. The lowest BCUT2D eigenvalue weighted by Crippen LogP contribution is -2.30. The molecule has 0 aliphatic carbocycles. The Bertz CT molecular complexity index is 1920. The van der Waals surface area contributed by atoms with Crippen LogP contribution in [0.3, 0.4) is 0 Å². The molecule has 0 saturated carbocycles. The third kappa shape index (κ3) is 74.1. The summed E-state index contributed by atoms with van der Waals surface area (Å²) < 4.78 is 68.6. The number of ether oxygens (including phenoxy) is 4. The van der Waals surface area contributed by atoms with Crippen molar-refractivity contribution < 1.29 is 80.2 Å². The van der Waals surface area contributed by atoms with E-state index in [1.807, 2.05) is 0 Å². The van der Waals surface area contributed by atoms with Gasteiger partial charge in [0.15, 0.2) is 12.2 Å². The molecule has 3 N–H and O–H groups in total. The van der Waals surface area contributed by atoms with Crippen LogP contribution in [0.4, 0.5) is 0 Å². The van der Waals surface area contributed by atoms with Crippen LogP contribution >= 0.6 is 15.6 Å². The van der Waals surface area contributed by atoms with Gasteiger partial charge in [-0.05, 0) is 43.4 Å². The van der Waals surface area contributed by atoms with E-state index in [0.717, 1.165) is 114 Å². The molecule has 17 nitrogen and oxygen atoms in total. The Morgan fingerprint density at radius 3 is 0.687 bits per heavy atom. The lowest BCUT2D eigenvalue weighted by molar-refractivity contribution is -0.161. The molecule has 0 heterocycles. The number of aliphatic hydroxyl groups is 1. The van der Waals surface area contributed by atoms with Crippen molar-refractivity contribution in [3.8, 4) is 0 Å². The number of hydrogen-bond acceptors (Lipinski definition) is 15. The molecular weight excluding hydrogens is 1290 g/mol. The summed E-state index contributed by atoms with van der Waals surface area (Å²) in [6.45, 7) is 12.0. The topological polar surface area (TPSA) is 237 Å². The fourth-order valence-electron chi connectivity index (χ4n) is 12.3. The standard InChI is InChI=1S/C80H156O17P2/c1-8-9-10-11-12-40-47-54-61-77(82)90-67-75(96-80(85)64-57-50-43-36-30-24-27-33-39-46-53-60-73(6)7)69-94-98(86,87)92-65-74(81)66-93-99(88,89)95-70-76(68-91-78(83)62-55-48-41-34-28-22-19-15-17-21-26-32-38-45-52-59-72(4)5)97-79(84)63-56-49-42-35-29-23-18-14-13-16-20-25-31-37-44-51-58-71(2)3/h71-76,81H,8-70H2,1-7H3,(H,86,87)(H,88,89)/t74-,75+,76+/m0/s1. The first-order valence-electron chi connectivity index (χ1n) is 41.3. The number of phosphoric ester groups is 2. The quantitative estimate of drug-likeness (QED) is 0.0222. The minimum Gasteiger partial charge on any atom is -0.462 e. The molecule has 0 rings (SSSR count). The molecule has 0 aliphatic rings. The van der Waals surface area contributed by atoms with Gasteiger partial charge in [-0.3, -0.25) is 37.3 Å². The van der Waals surface area contributed by atoms with E-state index in [0.29, 0.717) is 25.7 Å². The number of unbranched alkanes of at least 4 members (excludes halogenated alkanes) is 46. The van der Waals surface area contributed by atoms with Crippen molar-refractivity contribution in [3.63, 3.8) is 0 Å². The van der Waals surface area contributed by atoms with Gasteiger partial charge in [-0.2, -0.15) is 0 Å². The second-order valence-electron chi connectivity index (χ2n) is 30.2. The second kappa shape index (κ2) is 70.4. The Labute approximate surface area is 607 Å². The normalized spacial score (nSPS) is 14.0. The molecule has 0 saturated heterocycles. The van der Waals surface area contributed by atoms with Crippen LogP contribution in [0.5, 0.6) is 0 Å². The summed E-state index contributed by atoms with van der Waals surface area (Å²) in [5.74, 6) is 0.267. The van der Waals surface area contributed by atoms with Gasteiger partial charge < -0.3 is 33.8 Å². The lowest BCUT2D eigenvalue weighted by Gasteiger charge is -2.21. The third-order valence-electron chi connectivity index (χ3n) is 18.6. The van der Waals surface area contributed by atoms with E-state index in [9.17, 15) is 43.2 Å². The number of hydrogen-bond donors (Lipinski definition) is 3. The Hall–Kier alpha value is -1.94. The van der Waals surface area contributed by atoms with Crippen LogP contribution < -0.4 is 0 Å². The van der Waals surface area contributed by atoms with E-state index in [1.54, 1.807) is 0 Å². The van der Waals surface area contributed by atoms with Crippen molar-refractivity contribution in [2.75, 3.05) is 39.6 Å². The van der Waals surface area contributed by atoms with Crippen molar-refractivity contribution in [1.29, 1.82) is 0 Å². The summed E-state index contributed by atoms with van der Waals surface area (Å²) in [5.41, 5.74) is 0. The van der Waals surface area contributed by atoms with Gasteiger partial charge in [0, 0.05) is 25.7 Å². The van der Waals surface area contributed by atoms with Crippen LogP contribution in [0.1, 0.15) is 414 Å². The van der Waals surface area contributed by atoms with Crippen molar-refractivity contribution in [1.82, 2.24) is 0 Å². The summed E-state index contributed by atoms with van der Waals surface area (Å²) in [6, 6.07) is 0. The van der Waals surface area contributed by atoms with Gasteiger partial charge in [0.25, 0.3) is 0 Å². The van der Waals surface area contributed by atoms with Crippen LogP contribution in [-0.2, 0) is 65.4 Å². The summed E-state index contributed by atoms with van der Waals surface area (Å²) in [4.78, 5) is 72.9. The summed E-state index contributed by atoms with van der Waals surface area (Å²) in [6.07, 6.45) is 58.3. The molecule has 0 aromatic rings. The molecule has 0 fully saturated rings. The first-order chi connectivity index (χ1) is 47.7. The Morgan fingerprint density at radius 2 is 0.465 bits per heavy atom. The Balaban J connectivity index is 5.21.